The summed E-state index contributed by atoms with van der Waals surface area (Å²) in [7, 11) is 0. The van der Waals surface area contributed by atoms with Crippen molar-refractivity contribution in [3.05, 3.63) is 59.9 Å². The van der Waals surface area contributed by atoms with Gasteiger partial charge in [-0.05, 0) is 48.1 Å². The fourth-order valence-corrected chi connectivity index (χ4v) is 3.66. The molecule has 0 bridgehead atoms. The molecule has 0 unspecified atom stereocenters. The van der Waals surface area contributed by atoms with E-state index in [-0.39, 0.29) is 11.3 Å². The number of nitrogens with zero attached hydrogens (tertiary/aromatic N) is 2. The molecule has 0 fully saturated rings. The molecule has 0 saturated heterocycles. The van der Waals surface area contributed by atoms with Crippen molar-refractivity contribution in [3.8, 4) is 5.75 Å². The summed E-state index contributed by atoms with van der Waals surface area (Å²) in [4.78, 5) is 16.6. The van der Waals surface area contributed by atoms with Crippen LogP contribution in [-0.2, 0) is 23.2 Å². The van der Waals surface area contributed by atoms with Gasteiger partial charge >= 0.3 is 0 Å². The highest BCUT2D eigenvalue weighted by atomic mass is 16.5. The standard InChI is InChI=1S/C26H35N3O2/c1-5-9-25(30)27-17-16-24-28-22-10-6-7-11-23(22)29(24)18-8-19-31-21-14-12-20(13-15-21)26(2,3)4/h6-7,10-15H,5,8-9,16-19H2,1-4H3,(H,27,30). The highest BCUT2D eigenvalue weighted by Crippen LogP contribution is 2.24. The van der Waals surface area contributed by atoms with Crippen molar-refractivity contribution in [2.45, 2.75) is 65.3 Å². The number of nitrogens with one attached hydrogen (secondary N) is 1. The van der Waals surface area contributed by atoms with Gasteiger partial charge in [0.25, 0.3) is 0 Å². The van der Waals surface area contributed by atoms with Gasteiger partial charge in [0.05, 0.1) is 17.6 Å². The fourth-order valence-electron chi connectivity index (χ4n) is 3.66. The van der Waals surface area contributed by atoms with E-state index in [1.165, 1.54) is 5.56 Å². The number of ether oxygens (including phenoxy) is 1. The van der Waals surface area contributed by atoms with E-state index < -0.39 is 0 Å². The quantitative estimate of drug-likeness (QED) is 0.454. The Morgan fingerprint density at radius 2 is 1.84 bits per heavy atom. The number of carbonyl (C=O) groups excluding carboxylic acids is 1. The number of rotatable bonds is 10. The van der Waals surface area contributed by atoms with Gasteiger partial charge in [-0.2, -0.15) is 0 Å². The van der Waals surface area contributed by atoms with Gasteiger partial charge in [-0.3, -0.25) is 4.79 Å². The smallest absolute Gasteiger partial charge is 0.219 e. The van der Waals surface area contributed by atoms with Gasteiger partial charge in [0.2, 0.25) is 5.91 Å². The maximum Gasteiger partial charge on any atom is 0.219 e. The lowest BCUT2D eigenvalue weighted by Crippen LogP contribution is -2.26. The Bertz CT molecular complexity index is 984. The Morgan fingerprint density at radius 3 is 2.55 bits per heavy atom. The van der Waals surface area contributed by atoms with Crippen molar-refractivity contribution in [1.82, 2.24) is 14.9 Å². The number of aromatic nitrogens is 2. The SMILES string of the molecule is CCCC(=O)NCCc1nc2ccccc2n1CCCOc1ccc(C(C)(C)C)cc1. The van der Waals surface area contributed by atoms with E-state index in [2.05, 4.69) is 61.0 Å². The number of carbonyl (C=O) groups is 1. The number of amides is 1. The summed E-state index contributed by atoms with van der Waals surface area (Å²) in [5, 5.41) is 2.99. The molecule has 1 amide bonds. The Kier molecular flexibility index (Phi) is 7.72. The molecular weight excluding hydrogens is 386 g/mol. The van der Waals surface area contributed by atoms with Crippen molar-refractivity contribution >= 4 is 16.9 Å². The molecule has 1 aromatic heterocycles. The van der Waals surface area contributed by atoms with Crippen molar-refractivity contribution in [3.63, 3.8) is 0 Å². The average molecular weight is 422 g/mol. The van der Waals surface area contributed by atoms with E-state index in [0.717, 1.165) is 48.4 Å². The Labute approximate surface area is 185 Å². The van der Waals surface area contributed by atoms with Crippen LogP contribution in [0, 0.1) is 0 Å². The van der Waals surface area contributed by atoms with Crippen LogP contribution in [0.2, 0.25) is 0 Å². The second-order valence-electron chi connectivity index (χ2n) is 8.99. The van der Waals surface area contributed by atoms with Gasteiger partial charge in [-0.15, -0.1) is 0 Å². The van der Waals surface area contributed by atoms with Crippen molar-refractivity contribution in [1.29, 1.82) is 0 Å². The molecule has 5 heteroatoms. The van der Waals surface area contributed by atoms with Gasteiger partial charge in [-0.25, -0.2) is 4.98 Å². The van der Waals surface area contributed by atoms with Crippen LogP contribution >= 0.6 is 0 Å². The molecule has 2 aromatic carbocycles. The lowest BCUT2D eigenvalue weighted by atomic mass is 9.87. The normalized spacial score (nSPS) is 11.6. The first kappa shape index (κ1) is 22.9. The zero-order valence-electron chi connectivity index (χ0n) is 19.3. The molecule has 3 aromatic rings. The van der Waals surface area contributed by atoms with E-state index in [4.69, 9.17) is 9.72 Å². The maximum atomic E-state index is 11.8. The van der Waals surface area contributed by atoms with Crippen LogP contribution in [0.25, 0.3) is 11.0 Å². The Hall–Kier alpha value is -2.82. The molecule has 0 radical (unpaired) electrons. The number of hydrogen-bond acceptors (Lipinski definition) is 3. The van der Waals surface area contributed by atoms with Crippen molar-refractivity contribution in [2.24, 2.45) is 0 Å². The zero-order chi connectivity index (χ0) is 22.3. The van der Waals surface area contributed by atoms with Crippen LogP contribution in [0.3, 0.4) is 0 Å². The minimum atomic E-state index is 0.107. The Balaban J connectivity index is 1.58. The maximum absolute atomic E-state index is 11.8. The molecule has 166 valence electrons. The van der Waals surface area contributed by atoms with Gasteiger partial charge in [0.1, 0.15) is 11.6 Å². The molecule has 0 aliphatic rings. The molecule has 0 aliphatic heterocycles. The first-order chi connectivity index (χ1) is 14.9. The average Bonchev–Trinajstić information content (AvgIpc) is 3.08. The number of hydrogen-bond donors (Lipinski definition) is 1. The third kappa shape index (κ3) is 6.33. The molecule has 3 rings (SSSR count). The number of aryl methyl sites for hydroxylation is 1. The van der Waals surface area contributed by atoms with Crippen LogP contribution in [0.1, 0.15) is 58.3 Å². The molecule has 1 heterocycles. The van der Waals surface area contributed by atoms with Crippen LogP contribution < -0.4 is 10.1 Å². The number of imidazole rings is 1. The van der Waals surface area contributed by atoms with E-state index in [1.807, 2.05) is 25.1 Å². The van der Waals surface area contributed by atoms with Gasteiger partial charge in [0.15, 0.2) is 0 Å². The summed E-state index contributed by atoms with van der Waals surface area (Å²) in [5.41, 5.74) is 3.58. The lowest BCUT2D eigenvalue weighted by molar-refractivity contribution is -0.121. The molecule has 0 aliphatic carbocycles. The monoisotopic (exact) mass is 421 g/mol. The van der Waals surface area contributed by atoms with E-state index >= 15 is 0 Å². The largest absolute Gasteiger partial charge is 0.494 e. The lowest BCUT2D eigenvalue weighted by Gasteiger charge is -2.19. The van der Waals surface area contributed by atoms with Crippen LogP contribution in [0.15, 0.2) is 48.5 Å². The predicted octanol–water partition coefficient (Wildman–Crippen LogP) is 5.26. The van der Waals surface area contributed by atoms with Gasteiger partial charge < -0.3 is 14.6 Å². The summed E-state index contributed by atoms with van der Waals surface area (Å²) in [6.45, 7) is 10.7. The first-order valence-corrected chi connectivity index (χ1v) is 11.3. The van der Waals surface area contributed by atoms with Crippen molar-refractivity contribution in [2.75, 3.05) is 13.2 Å². The summed E-state index contributed by atoms with van der Waals surface area (Å²) >= 11 is 0. The molecule has 0 spiro atoms. The predicted molar refractivity (Wildman–Crippen MR) is 127 cm³/mol. The van der Waals surface area contributed by atoms with Gasteiger partial charge in [-0.1, -0.05) is 52.0 Å². The van der Waals surface area contributed by atoms with Gasteiger partial charge in [0, 0.05) is 25.9 Å². The summed E-state index contributed by atoms with van der Waals surface area (Å²) < 4.78 is 8.23. The topological polar surface area (TPSA) is 56.2 Å². The highest BCUT2D eigenvalue weighted by molar-refractivity contribution is 5.76. The second kappa shape index (κ2) is 10.5. The summed E-state index contributed by atoms with van der Waals surface area (Å²) in [6.07, 6.45) is 3.05. The van der Waals surface area contributed by atoms with Crippen molar-refractivity contribution < 1.29 is 9.53 Å². The third-order valence-corrected chi connectivity index (χ3v) is 5.40. The molecule has 1 N–H and O–H groups in total. The number of benzene rings is 2. The minimum Gasteiger partial charge on any atom is -0.494 e. The summed E-state index contributed by atoms with van der Waals surface area (Å²) in [6, 6.07) is 16.6. The van der Waals surface area contributed by atoms with E-state index in [9.17, 15) is 4.79 Å². The summed E-state index contributed by atoms with van der Waals surface area (Å²) in [5.74, 6) is 2.02. The van der Waals surface area contributed by atoms with Crippen LogP contribution in [0.4, 0.5) is 0 Å². The van der Waals surface area contributed by atoms with Crippen LogP contribution in [-0.4, -0.2) is 28.6 Å². The molecular formula is C26H35N3O2. The Morgan fingerprint density at radius 1 is 1.10 bits per heavy atom. The number of para-hydroxylation sites is 2. The zero-order valence-corrected chi connectivity index (χ0v) is 19.3. The number of fused-ring (bicyclic) bond motifs is 1. The van der Waals surface area contributed by atoms with E-state index in [0.29, 0.717) is 19.6 Å². The molecule has 5 nitrogen and oxygen atoms in total. The highest BCUT2D eigenvalue weighted by Gasteiger charge is 2.13. The molecule has 31 heavy (non-hydrogen) atoms. The van der Waals surface area contributed by atoms with E-state index in [1.54, 1.807) is 0 Å². The first-order valence-electron chi connectivity index (χ1n) is 11.3. The third-order valence-electron chi connectivity index (χ3n) is 5.40. The molecule has 0 saturated carbocycles. The molecule has 0 atom stereocenters. The minimum absolute atomic E-state index is 0.107. The fraction of sp³-hybridized carbons (Fsp3) is 0.462. The van der Waals surface area contributed by atoms with Crippen LogP contribution in [0.5, 0.6) is 5.75 Å². The second-order valence-corrected chi connectivity index (χ2v) is 8.99.